The summed E-state index contributed by atoms with van der Waals surface area (Å²) in [6.45, 7) is -0.0546. The molecule has 3 rings (SSSR count). The van der Waals surface area contributed by atoms with E-state index in [0.29, 0.717) is 12.8 Å². The number of benzene rings is 1. The van der Waals surface area contributed by atoms with Crippen LogP contribution in [0.5, 0.6) is 0 Å². The third-order valence-electron chi connectivity index (χ3n) is 4.19. The van der Waals surface area contributed by atoms with Gasteiger partial charge in [-0.3, -0.25) is 0 Å². The van der Waals surface area contributed by atoms with E-state index in [1.54, 1.807) is 24.3 Å². The van der Waals surface area contributed by atoms with Crippen LogP contribution in [0.3, 0.4) is 0 Å². The van der Waals surface area contributed by atoms with Crippen molar-refractivity contribution < 1.29 is 28.5 Å². The first-order valence-electron chi connectivity index (χ1n) is 7.06. The molecule has 0 aromatic heterocycles. The van der Waals surface area contributed by atoms with Crippen molar-refractivity contribution in [3.8, 4) is 0 Å². The molecule has 4 nitrogen and oxygen atoms in total. The van der Waals surface area contributed by atoms with Crippen molar-refractivity contribution in [2.45, 2.75) is 55.9 Å². The first kappa shape index (κ1) is 14.8. The summed E-state index contributed by atoms with van der Waals surface area (Å²) in [5.74, 6) is -6.20. The van der Waals surface area contributed by atoms with Crippen LogP contribution in [0.2, 0.25) is 0 Å². The fraction of sp³-hybridized carbons (Fsp3) is 0.600. The Morgan fingerprint density at radius 3 is 2.71 bits per heavy atom. The first-order valence-corrected chi connectivity index (χ1v) is 7.06. The lowest BCUT2D eigenvalue weighted by atomic mass is 9.82. The van der Waals surface area contributed by atoms with Crippen molar-refractivity contribution in [1.82, 2.24) is 0 Å². The molecule has 2 fully saturated rings. The Hall–Kier alpha value is -1.08. The Bertz CT molecular complexity index is 496. The molecule has 0 saturated carbocycles. The van der Waals surface area contributed by atoms with Gasteiger partial charge in [-0.2, -0.15) is 8.78 Å². The molecule has 6 heteroatoms. The predicted octanol–water partition coefficient (Wildman–Crippen LogP) is 1.84. The van der Waals surface area contributed by atoms with Crippen molar-refractivity contribution in [3.63, 3.8) is 0 Å². The van der Waals surface area contributed by atoms with Gasteiger partial charge in [-0.25, -0.2) is 0 Å². The van der Waals surface area contributed by atoms with Gasteiger partial charge in [0.15, 0.2) is 6.10 Å². The molecule has 0 radical (unpaired) electrons. The van der Waals surface area contributed by atoms with Gasteiger partial charge in [0.2, 0.25) is 5.79 Å². The molecule has 0 aliphatic carbocycles. The van der Waals surface area contributed by atoms with E-state index >= 15 is 0 Å². The van der Waals surface area contributed by atoms with E-state index in [1.807, 2.05) is 6.07 Å². The SMILES string of the molecule is O[C@@H]1[C@@H](OCc2ccccc2)C(F)(F)[C@]2(O)CCC[C@H]1O2. The van der Waals surface area contributed by atoms with Gasteiger partial charge in [0, 0.05) is 6.42 Å². The lowest BCUT2D eigenvalue weighted by Gasteiger charge is -2.51. The largest absolute Gasteiger partial charge is 0.387 e. The molecule has 2 aliphatic heterocycles. The molecule has 2 heterocycles. The van der Waals surface area contributed by atoms with Crippen molar-refractivity contribution in [1.29, 1.82) is 0 Å². The van der Waals surface area contributed by atoms with Crippen molar-refractivity contribution >= 4 is 0 Å². The predicted molar refractivity (Wildman–Crippen MR) is 69.6 cm³/mol. The van der Waals surface area contributed by atoms with Crippen LogP contribution in [-0.2, 0) is 16.1 Å². The highest BCUT2D eigenvalue weighted by Gasteiger charge is 2.68. The van der Waals surface area contributed by atoms with Gasteiger partial charge in [0.1, 0.15) is 6.10 Å². The van der Waals surface area contributed by atoms with E-state index in [2.05, 4.69) is 0 Å². The zero-order valence-electron chi connectivity index (χ0n) is 11.4. The zero-order valence-corrected chi connectivity index (χ0v) is 11.4. The van der Waals surface area contributed by atoms with E-state index in [4.69, 9.17) is 9.47 Å². The minimum atomic E-state index is -3.65. The second-order valence-electron chi connectivity index (χ2n) is 5.66. The van der Waals surface area contributed by atoms with E-state index in [9.17, 15) is 19.0 Å². The molecule has 21 heavy (non-hydrogen) atoms. The highest BCUT2D eigenvalue weighted by molar-refractivity contribution is 5.14. The van der Waals surface area contributed by atoms with Crippen molar-refractivity contribution in [2.24, 2.45) is 0 Å². The minimum Gasteiger partial charge on any atom is -0.387 e. The van der Waals surface area contributed by atoms with Crippen molar-refractivity contribution in [2.75, 3.05) is 0 Å². The summed E-state index contributed by atoms with van der Waals surface area (Å²) in [4.78, 5) is 0. The Morgan fingerprint density at radius 1 is 1.29 bits per heavy atom. The summed E-state index contributed by atoms with van der Waals surface area (Å²) in [5, 5.41) is 20.1. The summed E-state index contributed by atoms with van der Waals surface area (Å²) >= 11 is 0. The third-order valence-corrected chi connectivity index (χ3v) is 4.19. The molecule has 1 aromatic rings. The number of halogens is 2. The molecule has 2 aliphatic rings. The molecule has 1 aromatic carbocycles. The molecule has 2 saturated heterocycles. The smallest absolute Gasteiger partial charge is 0.328 e. The number of ether oxygens (including phenoxy) is 2. The summed E-state index contributed by atoms with van der Waals surface area (Å²) in [7, 11) is 0. The first-order chi connectivity index (χ1) is 9.94. The van der Waals surface area contributed by atoms with Crippen molar-refractivity contribution in [3.05, 3.63) is 35.9 Å². The number of hydrogen-bond acceptors (Lipinski definition) is 4. The maximum absolute atomic E-state index is 14.4. The summed E-state index contributed by atoms with van der Waals surface area (Å²) in [6.07, 6.45) is -3.38. The van der Waals surface area contributed by atoms with Crippen LogP contribution in [0.15, 0.2) is 30.3 Å². The number of aliphatic hydroxyl groups is 2. The fourth-order valence-corrected chi connectivity index (χ4v) is 2.99. The Balaban J connectivity index is 1.79. The highest BCUT2D eigenvalue weighted by Crippen LogP contribution is 2.48. The second kappa shape index (κ2) is 5.28. The van der Waals surface area contributed by atoms with E-state index in [0.717, 1.165) is 5.56 Å². The second-order valence-corrected chi connectivity index (χ2v) is 5.66. The normalized spacial score (nSPS) is 38.2. The summed E-state index contributed by atoms with van der Waals surface area (Å²) in [5.41, 5.74) is 0.726. The molecule has 0 unspecified atom stereocenters. The molecular weight excluding hydrogens is 282 g/mol. The minimum absolute atomic E-state index is 0.0546. The van der Waals surface area contributed by atoms with E-state index in [-0.39, 0.29) is 13.0 Å². The maximum Gasteiger partial charge on any atom is 0.328 e. The molecule has 4 atom stereocenters. The molecule has 0 amide bonds. The lowest BCUT2D eigenvalue weighted by Crippen LogP contribution is -2.70. The average molecular weight is 300 g/mol. The molecular formula is C15H18F2O4. The van der Waals surface area contributed by atoms with Gasteiger partial charge in [0.25, 0.3) is 0 Å². The Labute approximate surface area is 121 Å². The van der Waals surface area contributed by atoms with Crippen LogP contribution in [0.4, 0.5) is 8.78 Å². The van der Waals surface area contributed by atoms with Gasteiger partial charge in [-0.15, -0.1) is 0 Å². The zero-order chi connectivity index (χ0) is 15.1. The number of alkyl halides is 2. The number of aliphatic hydroxyl groups excluding tert-OH is 1. The van der Waals surface area contributed by atoms with Crippen LogP contribution in [0.1, 0.15) is 24.8 Å². The molecule has 116 valence electrons. The topological polar surface area (TPSA) is 58.9 Å². The van der Waals surface area contributed by atoms with Crippen LogP contribution in [0.25, 0.3) is 0 Å². The summed E-state index contributed by atoms with van der Waals surface area (Å²) < 4.78 is 39.1. The van der Waals surface area contributed by atoms with Crippen LogP contribution in [0, 0.1) is 0 Å². The van der Waals surface area contributed by atoms with Crippen LogP contribution in [-0.4, -0.2) is 40.2 Å². The highest BCUT2D eigenvalue weighted by atomic mass is 19.3. The van der Waals surface area contributed by atoms with Gasteiger partial charge in [-0.1, -0.05) is 30.3 Å². The molecule has 2 N–H and O–H groups in total. The fourth-order valence-electron chi connectivity index (χ4n) is 2.99. The Kier molecular flexibility index (Phi) is 3.73. The van der Waals surface area contributed by atoms with Gasteiger partial charge >= 0.3 is 5.92 Å². The monoisotopic (exact) mass is 300 g/mol. The lowest BCUT2D eigenvalue weighted by molar-refractivity contribution is -0.420. The van der Waals surface area contributed by atoms with E-state index < -0.39 is 30.0 Å². The van der Waals surface area contributed by atoms with Gasteiger partial charge in [0.05, 0.1) is 12.7 Å². The van der Waals surface area contributed by atoms with E-state index in [1.165, 1.54) is 0 Å². The number of fused-ring (bicyclic) bond motifs is 2. The van der Waals surface area contributed by atoms with Gasteiger partial charge < -0.3 is 19.7 Å². The number of hydrogen-bond donors (Lipinski definition) is 2. The molecule has 0 spiro atoms. The van der Waals surface area contributed by atoms with Crippen LogP contribution < -0.4 is 0 Å². The third kappa shape index (κ3) is 2.46. The Morgan fingerprint density at radius 2 is 2.00 bits per heavy atom. The van der Waals surface area contributed by atoms with Crippen LogP contribution >= 0.6 is 0 Å². The quantitative estimate of drug-likeness (QED) is 0.894. The average Bonchev–Trinajstić information content (AvgIpc) is 2.47. The molecule has 2 bridgehead atoms. The maximum atomic E-state index is 14.4. The standard InChI is InChI=1S/C15H18F2O4/c16-15(17)13(20-9-10-5-2-1-3-6-10)12(18)11-7-4-8-14(15,19)21-11/h1-3,5-6,11-13,18-19H,4,7-9H2/t11-,12+,13-,14+/m1/s1. The number of rotatable bonds is 3. The summed E-state index contributed by atoms with van der Waals surface area (Å²) in [6, 6.07) is 8.87. The van der Waals surface area contributed by atoms with Gasteiger partial charge in [-0.05, 0) is 18.4 Å².